The maximum absolute atomic E-state index is 2.48. The fraction of sp³-hybridized carbons (Fsp3) is 0.0667. The molecule has 0 heteroatoms. The van der Waals surface area contributed by atoms with Gasteiger partial charge in [-0.3, -0.25) is 0 Å². The molecule has 0 N–H and O–H groups in total. The van der Waals surface area contributed by atoms with Gasteiger partial charge in [0.25, 0.3) is 0 Å². The quantitative estimate of drug-likeness (QED) is 0.181. The van der Waals surface area contributed by atoms with Crippen LogP contribution in [0.15, 0.2) is 146 Å². The standard InChI is InChI=1S/C45H30/c1-45(2)40-26-30(34-23-32-19-17-28-12-7-13-29-18-20-33(24-34)42(32)41(28)29)21-22-38(40)43-36-15-6-4-10-31(36)25-39(44(43)45)37-16-8-11-27-9-3-5-14-35(27)37/h3-26H,1-2H3. The lowest BCUT2D eigenvalue weighted by atomic mass is 9.77. The van der Waals surface area contributed by atoms with E-state index in [1.165, 1.54) is 98.4 Å². The van der Waals surface area contributed by atoms with Crippen LogP contribution >= 0.6 is 0 Å². The van der Waals surface area contributed by atoms with Crippen molar-refractivity contribution in [1.82, 2.24) is 0 Å². The maximum atomic E-state index is 2.48. The minimum absolute atomic E-state index is 0.174. The molecule has 210 valence electrons. The van der Waals surface area contributed by atoms with Crippen LogP contribution in [-0.2, 0) is 5.41 Å². The van der Waals surface area contributed by atoms with Gasteiger partial charge in [-0.1, -0.05) is 135 Å². The Labute approximate surface area is 262 Å². The third-order valence-corrected chi connectivity index (χ3v) is 10.5. The van der Waals surface area contributed by atoms with E-state index in [9.17, 15) is 0 Å². The second kappa shape index (κ2) is 8.80. The third kappa shape index (κ3) is 3.37. The van der Waals surface area contributed by atoms with E-state index in [0.29, 0.717) is 0 Å². The van der Waals surface area contributed by atoms with E-state index in [-0.39, 0.29) is 5.41 Å². The lowest BCUT2D eigenvalue weighted by Gasteiger charge is -2.26. The van der Waals surface area contributed by atoms with Gasteiger partial charge in [0.1, 0.15) is 0 Å². The number of hydrogen-bond acceptors (Lipinski definition) is 0. The minimum Gasteiger partial charge on any atom is -0.0616 e. The van der Waals surface area contributed by atoms with Crippen molar-refractivity contribution in [1.29, 1.82) is 0 Å². The van der Waals surface area contributed by atoms with E-state index in [1.54, 1.807) is 0 Å². The summed E-state index contributed by atoms with van der Waals surface area (Å²) in [6.45, 7) is 4.84. The molecule has 0 nitrogen and oxygen atoms in total. The van der Waals surface area contributed by atoms with Gasteiger partial charge in [0.2, 0.25) is 0 Å². The van der Waals surface area contributed by atoms with Crippen molar-refractivity contribution in [3.63, 3.8) is 0 Å². The van der Waals surface area contributed by atoms with Crippen molar-refractivity contribution in [3.8, 4) is 33.4 Å². The Morgan fingerprint density at radius 2 is 0.978 bits per heavy atom. The zero-order valence-corrected chi connectivity index (χ0v) is 25.4. The summed E-state index contributed by atoms with van der Waals surface area (Å²) in [6, 6.07) is 54.6. The van der Waals surface area contributed by atoms with Crippen molar-refractivity contribution in [2.75, 3.05) is 0 Å². The monoisotopic (exact) mass is 570 g/mol. The highest BCUT2D eigenvalue weighted by Gasteiger charge is 2.39. The molecule has 9 aromatic carbocycles. The summed E-state index contributed by atoms with van der Waals surface area (Å²) in [5, 5.41) is 13.2. The van der Waals surface area contributed by atoms with Crippen LogP contribution in [0.1, 0.15) is 25.0 Å². The van der Waals surface area contributed by atoms with E-state index in [0.717, 1.165) is 0 Å². The molecule has 0 unspecified atom stereocenters. The Morgan fingerprint density at radius 3 is 1.76 bits per heavy atom. The molecule has 0 aliphatic heterocycles. The van der Waals surface area contributed by atoms with E-state index in [2.05, 4.69) is 159 Å². The van der Waals surface area contributed by atoms with Crippen LogP contribution in [0, 0.1) is 0 Å². The van der Waals surface area contributed by atoms with Crippen LogP contribution in [0.4, 0.5) is 0 Å². The lowest BCUT2D eigenvalue weighted by Crippen LogP contribution is -2.16. The van der Waals surface area contributed by atoms with Crippen LogP contribution in [-0.4, -0.2) is 0 Å². The molecule has 0 saturated carbocycles. The van der Waals surface area contributed by atoms with Crippen molar-refractivity contribution >= 4 is 53.9 Å². The highest BCUT2D eigenvalue weighted by molar-refractivity contribution is 6.23. The van der Waals surface area contributed by atoms with Gasteiger partial charge < -0.3 is 0 Å². The average molecular weight is 571 g/mol. The van der Waals surface area contributed by atoms with Crippen molar-refractivity contribution in [2.24, 2.45) is 0 Å². The third-order valence-electron chi connectivity index (χ3n) is 10.5. The highest BCUT2D eigenvalue weighted by Crippen LogP contribution is 2.56. The van der Waals surface area contributed by atoms with Gasteiger partial charge in [-0.05, 0) is 123 Å². The smallest absolute Gasteiger partial charge is 0.0165 e. The van der Waals surface area contributed by atoms with Gasteiger partial charge >= 0.3 is 0 Å². The van der Waals surface area contributed by atoms with Gasteiger partial charge in [-0.25, -0.2) is 0 Å². The molecule has 0 aromatic heterocycles. The molecule has 0 fully saturated rings. The summed E-state index contributed by atoms with van der Waals surface area (Å²) in [5.41, 5.74) is 10.6. The molecule has 9 aromatic rings. The molecule has 10 rings (SSSR count). The minimum atomic E-state index is -0.174. The maximum Gasteiger partial charge on any atom is 0.0165 e. The second-order valence-electron chi connectivity index (χ2n) is 13.3. The van der Waals surface area contributed by atoms with Crippen LogP contribution in [0.2, 0.25) is 0 Å². The van der Waals surface area contributed by atoms with E-state index in [1.807, 2.05) is 0 Å². The predicted molar refractivity (Wildman–Crippen MR) is 194 cm³/mol. The first-order chi connectivity index (χ1) is 22.1. The molecule has 0 radical (unpaired) electrons. The number of benzene rings is 9. The molecular formula is C45H30. The Morgan fingerprint density at radius 1 is 0.378 bits per heavy atom. The second-order valence-corrected chi connectivity index (χ2v) is 13.3. The molecule has 1 aliphatic carbocycles. The normalized spacial score (nSPS) is 13.7. The van der Waals surface area contributed by atoms with Crippen molar-refractivity contribution in [2.45, 2.75) is 19.3 Å². The summed E-state index contributed by atoms with van der Waals surface area (Å²) < 4.78 is 0. The molecule has 0 heterocycles. The molecule has 45 heavy (non-hydrogen) atoms. The Hall–Kier alpha value is -5.46. The first kappa shape index (κ1) is 24.9. The van der Waals surface area contributed by atoms with Crippen LogP contribution < -0.4 is 0 Å². The molecule has 0 spiro atoms. The summed E-state index contributed by atoms with van der Waals surface area (Å²) >= 11 is 0. The zero-order valence-electron chi connectivity index (χ0n) is 25.4. The molecule has 0 bridgehead atoms. The van der Waals surface area contributed by atoms with Crippen molar-refractivity contribution in [3.05, 3.63) is 157 Å². The first-order valence-corrected chi connectivity index (χ1v) is 15.9. The largest absolute Gasteiger partial charge is 0.0616 e. The number of rotatable bonds is 2. The molecule has 1 aliphatic rings. The SMILES string of the molecule is CC1(C)c2cc(-c3cc4ccc5cccc6ccc(c3)c4c56)ccc2-c2c1c(-c1cccc3ccccc13)cc1ccccc21. The van der Waals surface area contributed by atoms with Gasteiger partial charge in [0.05, 0.1) is 0 Å². The van der Waals surface area contributed by atoms with Crippen LogP contribution in [0.3, 0.4) is 0 Å². The fourth-order valence-electron chi connectivity index (χ4n) is 8.46. The summed E-state index contributed by atoms with van der Waals surface area (Å²) in [7, 11) is 0. The summed E-state index contributed by atoms with van der Waals surface area (Å²) in [5.74, 6) is 0. The number of hydrogen-bond donors (Lipinski definition) is 0. The number of fused-ring (bicyclic) bond motifs is 6. The topological polar surface area (TPSA) is 0 Å². The fourth-order valence-corrected chi connectivity index (χ4v) is 8.46. The van der Waals surface area contributed by atoms with Gasteiger partial charge in [-0.2, -0.15) is 0 Å². The molecular weight excluding hydrogens is 540 g/mol. The average Bonchev–Trinajstić information content (AvgIpc) is 3.33. The van der Waals surface area contributed by atoms with Crippen LogP contribution in [0.25, 0.3) is 87.2 Å². The first-order valence-electron chi connectivity index (χ1n) is 15.9. The summed E-state index contributed by atoms with van der Waals surface area (Å²) in [6.07, 6.45) is 0. The Kier molecular flexibility index (Phi) is 4.88. The van der Waals surface area contributed by atoms with Crippen molar-refractivity contribution < 1.29 is 0 Å². The Bertz CT molecular complexity index is 2600. The Balaban J connectivity index is 1.22. The highest BCUT2D eigenvalue weighted by atomic mass is 14.4. The van der Waals surface area contributed by atoms with Gasteiger partial charge in [-0.15, -0.1) is 0 Å². The molecule has 0 saturated heterocycles. The van der Waals surface area contributed by atoms with Crippen LogP contribution in [0.5, 0.6) is 0 Å². The summed E-state index contributed by atoms with van der Waals surface area (Å²) in [4.78, 5) is 0. The van der Waals surface area contributed by atoms with E-state index >= 15 is 0 Å². The zero-order chi connectivity index (χ0) is 29.9. The van der Waals surface area contributed by atoms with Gasteiger partial charge in [0, 0.05) is 5.41 Å². The van der Waals surface area contributed by atoms with E-state index < -0.39 is 0 Å². The molecule has 0 atom stereocenters. The van der Waals surface area contributed by atoms with Gasteiger partial charge in [0.15, 0.2) is 0 Å². The van der Waals surface area contributed by atoms with E-state index in [4.69, 9.17) is 0 Å². The lowest BCUT2D eigenvalue weighted by molar-refractivity contribution is 0.663. The molecule has 0 amide bonds. The predicted octanol–water partition coefficient (Wildman–Crippen LogP) is 12.5.